The first-order valence-corrected chi connectivity index (χ1v) is 14.9. The third-order valence-electron chi connectivity index (χ3n) is 8.53. The first kappa shape index (κ1) is 26.8. The Balaban J connectivity index is 1.38. The highest BCUT2D eigenvalue weighted by atomic mass is 32.2. The van der Waals surface area contributed by atoms with Crippen molar-refractivity contribution in [3.05, 3.63) is 83.8 Å². The number of benzene rings is 2. The summed E-state index contributed by atoms with van der Waals surface area (Å²) in [5.41, 5.74) is 3.98. The van der Waals surface area contributed by atoms with E-state index in [9.17, 15) is 13.5 Å². The van der Waals surface area contributed by atoms with Gasteiger partial charge in [0, 0.05) is 66.7 Å². The summed E-state index contributed by atoms with van der Waals surface area (Å²) in [6.07, 6.45) is 4.90. The maximum Gasteiger partial charge on any atom is 0.243 e. The Morgan fingerprint density at radius 2 is 1.68 bits per heavy atom. The predicted molar refractivity (Wildman–Crippen MR) is 152 cm³/mol. The van der Waals surface area contributed by atoms with Crippen LogP contribution in [-0.2, 0) is 22.0 Å². The SMILES string of the molecule is COc1ccc(S(=O)(=O)N2CCC3(CC2)CN(Cc2ccncc2)[C@H](CO)c2[nH]c4cc(OC)ccc4c23)cc1. The van der Waals surface area contributed by atoms with E-state index in [2.05, 4.69) is 20.9 Å². The summed E-state index contributed by atoms with van der Waals surface area (Å²) in [6.45, 7) is 2.15. The molecule has 0 saturated carbocycles. The van der Waals surface area contributed by atoms with E-state index >= 15 is 0 Å². The number of nitrogens with one attached hydrogen (secondary N) is 1. The summed E-state index contributed by atoms with van der Waals surface area (Å²) in [5, 5.41) is 11.7. The molecule has 210 valence electrons. The van der Waals surface area contributed by atoms with Crippen molar-refractivity contribution < 1.29 is 23.0 Å². The zero-order valence-corrected chi connectivity index (χ0v) is 23.5. The summed E-state index contributed by atoms with van der Waals surface area (Å²) in [6, 6.07) is 16.4. The highest BCUT2D eigenvalue weighted by molar-refractivity contribution is 7.89. The Morgan fingerprint density at radius 3 is 2.33 bits per heavy atom. The quantitative estimate of drug-likeness (QED) is 0.352. The second-order valence-electron chi connectivity index (χ2n) is 10.6. The van der Waals surface area contributed by atoms with E-state index < -0.39 is 10.0 Å². The van der Waals surface area contributed by atoms with Crippen molar-refractivity contribution in [1.29, 1.82) is 0 Å². The van der Waals surface area contributed by atoms with Crippen molar-refractivity contribution in [3.63, 3.8) is 0 Å². The molecule has 0 unspecified atom stereocenters. The molecule has 2 aromatic heterocycles. The van der Waals surface area contributed by atoms with Crippen LogP contribution in [0, 0.1) is 0 Å². The lowest BCUT2D eigenvalue weighted by Crippen LogP contribution is -2.54. The maximum atomic E-state index is 13.6. The molecule has 1 fully saturated rings. The van der Waals surface area contributed by atoms with Crippen LogP contribution >= 0.6 is 0 Å². The molecule has 1 spiro atoms. The number of fused-ring (bicyclic) bond motifs is 4. The molecule has 10 heteroatoms. The average Bonchev–Trinajstić information content (AvgIpc) is 3.37. The lowest BCUT2D eigenvalue weighted by molar-refractivity contribution is 0.0535. The third kappa shape index (κ3) is 4.54. The number of rotatable bonds is 7. The zero-order chi connectivity index (χ0) is 27.9. The van der Waals surface area contributed by atoms with E-state index in [0.29, 0.717) is 44.8 Å². The molecule has 2 N–H and O–H groups in total. The highest BCUT2D eigenvalue weighted by Crippen LogP contribution is 2.49. The molecule has 0 radical (unpaired) electrons. The number of nitrogens with zero attached hydrogens (tertiary/aromatic N) is 3. The fraction of sp³-hybridized carbons (Fsp3) is 0.367. The van der Waals surface area contributed by atoms with Crippen molar-refractivity contribution in [2.24, 2.45) is 0 Å². The number of aliphatic hydroxyl groups excluding tert-OH is 1. The van der Waals surface area contributed by atoms with Crippen LogP contribution in [0.5, 0.6) is 11.5 Å². The van der Waals surface area contributed by atoms with Crippen molar-refractivity contribution in [2.75, 3.05) is 40.5 Å². The number of sulfonamides is 1. The van der Waals surface area contributed by atoms with Crippen molar-refractivity contribution >= 4 is 20.9 Å². The fourth-order valence-corrected chi connectivity index (χ4v) is 7.90. The number of H-pyrrole nitrogens is 1. The van der Waals surface area contributed by atoms with Crippen LogP contribution in [0.25, 0.3) is 10.9 Å². The molecule has 6 rings (SSSR count). The van der Waals surface area contributed by atoms with Gasteiger partial charge < -0.3 is 19.6 Å². The minimum Gasteiger partial charge on any atom is -0.497 e. The van der Waals surface area contributed by atoms with Crippen LogP contribution in [-0.4, -0.2) is 73.2 Å². The first-order chi connectivity index (χ1) is 19.4. The van der Waals surface area contributed by atoms with Gasteiger partial charge in [-0.2, -0.15) is 4.31 Å². The number of aliphatic hydroxyl groups is 1. The average molecular weight is 563 g/mol. The van der Waals surface area contributed by atoms with E-state index in [-0.39, 0.29) is 23.0 Å². The number of hydrogen-bond donors (Lipinski definition) is 2. The Labute approximate surface area is 234 Å². The van der Waals surface area contributed by atoms with Gasteiger partial charge in [0.25, 0.3) is 0 Å². The Morgan fingerprint density at radius 1 is 1.00 bits per heavy atom. The maximum absolute atomic E-state index is 13.6. The van der Waals surface area contributed by atoms with Gasteiger partial charge in [0.05, 0.1) is 31.8 Å². The van der Waals surface area contributed by atoms with Gasteiger partial charge in [-0.1, -0.05) is 0 Å². The van der Waals surface area contributed by atoms with E-state index in [1.54, 1.807) is 55.2 Å². The molecule has 2 aliphatic rings. The number of methoxy groups -OCH3 is 2. The number of aromatic amines is 1. The zero-order valence-electron chi connectivity index (χ0n) is 22.7. The summed E-state index contributed by atoms with van der Waals surface area (Å²) >= 11 is 0. The molecular formula is C30H34N4O5S. The molecule has 1 atom stereocenters. The van der Waals surface area contributed by atoms with Gasteiger partial charge in [0.15, 0.2) is 0 Å². The standard InChI is InChI=1S/C30H34N4O5S/c1-38-22-3-6-24(7-4-22)40(36,37)34-15-11-30(12-16-34)20-33(18-21-9-13-31-14-10-21)27(19-35)29-28(30)25-8-5-23(39-2)17-26(25)32-29/h3-10,13-14,17,27,32,35H,11-12,15-16,18-20H2,1-2H3/t27-/m1/s1. The second kappa shape index (κ2) is 10.5. The molecule has 4 heterocycles. The molecule has 2 aromatic carbocycles. The topological polar surface area (TPSA) is 108 Å². The first-order valence-electron chi connectivity index (χ1n) is 13.5. The highest BCUT2D eigenvalue weighted by Gasteiger charge is 2.48. The molecular weight excluding hydrogens is 528 g/mol. The summed E-state index contributed by atoms with van der Waals surface area (Å²) in [4.78, 5) is 10.4. The van der Waals surface area contributed by atoms with Gasteiger partial charge in [-0.05, 0) is 72.5 Å². The van der Waals surface area contributed by atoms with Crippen LogP contribution in [0.2, 0.25) is 0 Å². The largest absolute Gasteiger partial charge is 0.497 e. The normalized spacial score (nSPS) is 19.5. The Kier molecular flexibility index (Phi) is 7.03. The van der Waals surface area contributed by atoms with E-state index in [1.165, 1.54) is 5.56 Å². The number of pyridine rings is 1. The number of aromatic nitrogens is 2. The summed E-state index contributed by atoms with van der Waals surface area (Å²) in [5.74, 6) is 1.38. The van der Waals surface area contributed by atoms with Gasteiger partial charge >= 0.3 is 0 Å². The molecule has 1 saturated heterocycles. The third-order valence-corrected chi connectivity index (χ3v) is 10.4. The van der Waals surface area contributed by atoms with Crippen LogP contribution in [0.15, 0.2) is 71.9 Å². The molecule has 0 amide bonds. The van der Waals surface area contributed by atoms with Crippen LogP contribution < -0.4 is 9.47 Å². The monoisotopic (exact) mass is 562 g/mol. The number of piperidine rings is 1. The van der Waals surface area contributed by atoms with Crippen molar-refractivity contribution in [1.82, 2.24) is 19.2 Å². The lowest BCUT2D eigenvalue weighted by atomic mass is 9.68. The van der Waals surface area contributed by atoms with E-state index in [0.717, 1.165) is 27.9 Å². The molecule has 40 heavy (non-hydrogen) atoms. The number of hydrogen-bond acceptors (Lipinski definition) is 7. The minimum absolute atomic E-state index is 0.0317. The molecule has 2 aliphatic heterocycles. The van der Waals surface area contributed by atoms with Gasteiger partial charge in [0.2, 0.25) is 10.0 Å². The second-order valence-corrected chi connectivity index (χ2v) is 12.6. The van der Waals surface area contributed by atoms with Crippen LogP contribution in [0.1, 0.15) is 35.7 Å². The molecule has 0 bridgehead atoms. The summed E-state index contributed by atoms with van der Waals surface area (Å²) in [7, 11) is -0.431. The van der Waals surface area contributed by atoms with Gasteiger partial charge in [0.1, 0.15) is 11.5 Å². The van der Waals surface area contributed by atoms with Crippen molar-refractivity contribution in [3.8, 4) is 11.5 Å². The Hall–Kier alpha value is -3.44. The van der Waals surface area contributed by atoms with Gasteiger partial charge in [-0.15, -0.1) is 0 Å². The Bertz CT molecular complexity index is 1600. The van der Waals surface area contributed by atoms with E-state index in [1.807, 2.05) is 24.3 Å². The summed E-state index contributed by atoms with van der Waals surface area (Å²) < 4.78 is 39.4. The smallest absolute Gasteiger partial charge is 0.243 e. The number of ether oxygens (including phenoxy) is 2. The van der Waals surface area contributed by atoms with Gasteiger partial charge in [-0.25, -0.2) is 8.42 Å². The van der Waals surface area contributed by atoms with Crippen LogP contribution in [0.4, 0.5) is 0 Å². The van der Waals surface area contributed by atoms with E-state index in [4.69, 9.17) is 9.47 Å². The van der Waals surface area contributed by atoms with Crippen LogP contribution in [0.3, 0.4) is 0 Å². The predicted octanol–water partition coefficient (Wildman–Crippen LogP) is 3.85. The minimum atomic E-state index is -3.64. The molecule has 4 aromatic rings. The lowest BCUT2D eigenvalue weighted by Gasteiger charge is -2.50. The molecule has 9 nitrogen and oxygen atoms in total. The fourth-order valence-electron chi connectivity index (χ4n) is 6.46. The molecule has 0 aliphatic carbocycles. The van der Waals surface area contributed by atoms with Gasteiger partial charge in [-0.3, -0.25) is 9.88 Å². The van der Waals surface area contributed by atoms with Crippen molar-refractivity contribution in [2.45, 2.75) is 35.7 Å².